The summed E-state index contributed by atoms with van der Waals surface area (Å²) in [5.41, 5.74) is 1.34. The van der Waals surface area contributed by atoms with Gasteiger partial charge >= 0.3 is 5.97 Å². The summed E-state index contributed by atoms with van der Waals surface area (Å²) in [4.78, 5) is 13.1. The van der Waals surface area contributed by atoms with Gasteiger partial charge in [-0.2, -0.15) is 0 Å². The molecule has 4 heteroatoms. The number of hydrogen-bond donors (Lipinski definition) is 1. The average molecular weight is 463 g/mol. The van der Waals surface area contributed by atoms with Gasteiger partial charge in [-0.15, -0.1) is 0 Å². The smallest absolute Gasteiger partial charge is 0.311 e. The standard InChI is InChI=1S/C31H26O4/c32-29(33)26-21-23-12-8-10-18-28(23)35-31(26,25-15-5-2-6-16-25)30(24-13-3-1-4-14-24)20-19-22-11-7-9-17-27(22)34-30/h1-18,26H,19-21H2,(H,32,33). The fourth-order valence-electron chi connectivity index (χ4n) is 5.93. The first kappa shape index (κ1) is 21.5. The molecule has 2 aliphatic rings. The van der Waals surface area contributed by atoms with Crippen LogP contribution in [0.5, 0.6) is 11.5 Å². The average Bonchev–Trinajstić information content (AvgIpc) is 2.92. The van der Waals surface area contributed by atoms with Crippen molar-refractivity contribution in [3.63, 3.8) is 0 Å². The van der Waals surface area contributed by atoms with E-state index in [2.05, 4.69) is 6.07 Å². The summed E-state index contributed by atoms with van der Waals surface area (Å²) in [6.45, 7) is 0. The second-order valence-corrected chi connectivity index (χ2v) is 9.31. The van der Waals surface area contributed by atoms with Crippen LogP contribution in [0.25, 0.3) is 0 Å². The van der Waals surface area contributed by atoms with Crippen molar-refractivity contribution >= 4 is 5.97 Å². The first-order valence-electron chi connectivity index (χ1n) is 12.0. The summed E-state index contributed by atoms with van der Waals surface area (Å²) in [5.74, 6) is -0.303. The van der Waals surface area contributed by atoms with Crippen molar-refractivity contribution in [2.45, 2.75) is 30.5 Å². The number of aliphatic carboxylic acids is 1. The lowest BCUT2D eigenvalue weighted by Crippen LogP contribution is -2.65. The van der Waals surface area contributed by atoms with Crippen LogP contribution in [-0.4, -0.2) is 11.1 Å². The van der Waals surface area contributed by atoms with Crippen LogP contribution >= 0.6 is 0 Å². The topological polar surface area (TPSA) is 55.8 Å². The summed E-state index contributed by atoms with van der Waals surface area (Å²) in [6.07, 6.45) is 1.67. The Morgan fingerprint density at radius 3 is 1.89 bits per heavy atom. The number of carboxylic acid groups (broad SMARTS) is 1. The zero-order valence-electron chi connectivity index (χ0n) is 19.3. The van der Waals surface area contributed by atoms with E-state index in [1.54, 1.807) is 0 Å². The van der Waals surface area contributed by atoms with E-state index in [0.717, 1.165) is 34.4 Å². The van der Waals surface area contributed by atoms with Crippen LogP contribution in [0.4, 0.5) is 0 Å². The molecule has 0 spiro atoms. The number of fused-ring (bicyclic) bond motifs is 2. The predicted molar refractivity (Wildman–Crippen MR) is 134 cm³/mol. The van der Waals surface area contributed by atoms with E-state index in [-0.39, 0.29) is 0 Å². The number of aryl methyl sites for hydroxylation is 1. The Kier molecular flexibility index (Phi) is 5.10. The molecular weight excluding hydrogens is 436 g/mol. The maximum Gasteiger partial charge on any atom is 0.311 e. The molecule has 35 heavy (non-hydrogen) atoms. The van der Waals surface area contributed by atoms with Crippen LogP contribution < -0.4 is 9.47 Å². The van der Waals surface area contributed by atoms with Gasteiger partial charge in [-0.05, 0) is 48.1 Å². The third kappa shape index (κ3) is 3.24. The van der Waals surface area contributed by atoms with Crippen molar-refractivity contribution < 1.29 is 19.4 Å². The second kappa shape index (κ2) is 8.31. The minimum absolute atomic E-state index is 0.347. The van der Waals surface area contributed by atoms with E-state index in [1.165, 1.54) is 0 Å². The van der Waals surface area contributed by atoms with Crippen LogP contribution in [0.2, 0.25) is 0 Å². The number of carboxylic acids is 1. The molecule has 4 aromatic rings. The van der Waals surface area contributed by atoms with Crippen LogP contribution in [0.3, 0.4) is 0 Å². The Morgan fingerprint density at radius 1 is 0.686 bits per heavy atom. The van der Waals surface area contributed by atoms with Gasteiger partial charge in [0.05, 0.1) is 0 Å². The van der Waals surface area contributed by atoms with Crippen molar-refractivity contribution in [3.05, 3.63) is 131 Å². The van der Waals surface area contributed by atoms with Gasteiger partial charge in [0, 0.05) is 5.56 Å². The highest BCUT2D eigenvalue weighted by molar-refractivity contribution is 5.74. The molecule has 2 heterocycles. The minimum atomic E-state index is -1.30. The van der Waals surface area contributed by atoms with Crippen molar-refractivity contribution in [2.24, 2.45) is 5.92 Å². The van der Waals surface area contributed by atoms with E-state index in [4.69, 9.17) is 9.47 Å². The van der Waals surface area contributed by atoms with Crippen LogP contribution in [0, 0.1) is 5.92 Å². The maximum absolute atomic E-state index is 13.1. The van der Waals surface area contributed by atoms with Crippen LogP contribution in [0.1, 0.15) is 28.7 Å². The summed E-state index contributed by atoms with van der Waals surface area (Å²) in [7, 11) is 0. The Balaban J connectivity index is 1.69. The molecule has 4 aromatic carbocycles. The molecule has 0 saturated heterocycles. The normalized spacial score (nSPS) is 24.9. The highest BCUT2D eigenvalue weighted by Crippen LogP contribution is 2.58. The lowest BCUT2D eigenvalue weighted by Gasteiger charge is -2.56. The lowest BCUT2D eigenvalue weighted by molar-refractivity contribution is -0.194. The Labute approximate surface area is 204 Å². The molecule has 3 atom stereocenters. The van der Waals surface area contributed by atoms with E-state index in [9.17, 15) is 9.90 Å². The first-order valence-corrected chi connectivity index (χ1v) is 12.0. The summed E-state index contributed by atoms with van der Waals surface area (Å²) in [5, 5.41) is 10.7. The Morgan fingerprint density at radius 2 is 1.23 bits per heavy atom. The number of ether oxygens (including phenoxy) is 2. The Bertz CT molecular complexity index is 1370. The van der Waals surface area contributed by atoms with Crippen molar-refractivity contribution in [3.8, 4) is 11.5 Å². The molecule has 0 aromatic heterocycles. The van der Waals surface area contributed by atoms with Gasteiger partial charge in [0.15, 0.2) is 11.2 Å². The summed E-state index contributed by atoms with van der Waals surface area (Å²) < 4.78 is 14.0. The molecule has 3 unspecified atom stereocenters. The number of para-hydroxylation sites is 2. The predicted octanol–water partition coefficient (Wildman–Crippen LogP) is 6.14. The van der Waals surface area contributed by atoms with E-state index in [0.29, 0.717) is 18.6 Å². The fourth-order valence-corrected chi connectivity index (χ4v) is 5.93. The lowest BCUT2D eigenvalue weighted by atomic mass is 9.61. The monoisotopic (exact) mass is 462 g/mol. The largest absolute Gasteiger partial charge is 0.481 e. The summed E-state index contributed by atoms with van der Waals surface area (Å²) >= 11 is 0. The molecule has 174 valence electrons. The second-order valence-electron chi connectivity index (χ2n) is 9.31. The van der Waals surface area contributed by atoms with Crippen LogP contribution in [0.15, 0.2) is 109 Å². The Hall–Kier alpha value is -4.05. The number of hydrogen-bond acceptors (Lipinski definition) is 3. The molecule has 0 fully saturated rings. The highest BCUT2D eigenvalue weighted by atomic mass is 16.6. The van der Waals surface area contributed by atoms with Crippen molar-refractivity contribution in [2.75, 3.05) is 0 Å². The maximum atomic E-state index is 13.1. The van der Waals surface area contributed by atoms with E-state index < -0.39 is 23.1 Å². The molecule has 2 aliphatic heterocycles. The van der Waals surface area contributed by atoms with Crippen molar-refractivity contribution in [1.29, 1.82) is 0 Å². The number of carbonyl (C=O) groups is 1. The highest BCUT2D eigenvalue weighted by Gasteiger charge is 2.66. The third-order valence-electron chi connectivity index (χ3n) is 7.50. The van der Waals surface area contributed by atoms with Gasteiger partial charge in [0.2, 0.25) is 0 Å². The molecule has 1 N–H and O–H groups in total. The van der Waals surface area contributed by atoms with Gasteiger partial charge in [-0.3, -0.25) is 4.79 Å². The molecule has 0 saturated carbocycles. The number of benzene rings is 4. The zero-order chi connectivity index (χ0) is 23.9. The van der Waals surface area contributed by atoms with Gasteiger partial charge in [0.1, 0.15) is 17.4 Å². The summed E-state index contributed by atoms with van der Waals surface area (Å²) in [6, 6.07) is 35.5. The van der Waals surface area contributed by atoms with E-state index >= 15 is 0 Å². The molecule has 0 radical (unpaired) electrons. The molecule has 4 nitrogen and oxygen atoms in total. The minimum Gasteiger partial charge on any atom is -0.481 e. The zero-order valence-corrected chi connectivity index (χ0v) is 19.3. The molecular formula is C31H26O4. The molecule has 0 aliphatic carbocycles. The first-order chi connectivity index (χ1) is 17.1. The van der Waals surface area contributed by atoms with Gasteiger partial charge in [-0.25, -0.2) is 0 Å². The quantitative estimate of drug-likeness (QED) is 0.396. The number of rotatable bonds is 4. The SMILES string of the molecule is O=C(O)C1Cc2ccccc2OC1(c1ccccc1)C1(c2ccccc2)CCc2ccccc2O1. The van der Waals surface area contributed by atoms with Gasteiger partial charge in [0.25, 0.3) is 0 Å². The van der Waals surface area contributed by atoms with Crippen LogP contribution in [-0.2, 0) is 28.8 Å². The molecule has 0 amide bonds. The fraction of sp³-hybridized carbons (Fsp3) is 0.194. The van der Waals surface area contributed by atoms with Gasteiger partial charge in [-0.1, -0.05) is 97.1 Å². The molecule has 0 bridgehead atoms. The third-order valence-corrected chi connectivity index (χ3v) is 7.50. The van der Waals surface area contributed by atoms with Crippen molar-refractivity contribution in [1.82, 2.24) is 0 Å². The van der Waals surface area contributed by atoms with Gasteiger partial charge < -0.3 is 14.6 Å². The molecule has 6 rings (SSSR count). The van der Waals surface area contributed by atoms with E-state index in [1.807, 2.05) is 103 Å².